The van der Waals surface area contributed by atoms with Crippen LogP contribution in [-0.2, 0) is 11.3 Å². The number of methoxy groups -OCH3 is 1. The van der Waals surface area contributed by atoms with Crippen molar-refractivity contribution in [3.8, 4) is 5.75 Å². The molecule has 1 aliphatic heterocycles. The highest BCUT2D eigenvalue weighted by Crippen LogP contribution is 2.23. The first kappa shape index (κ1) is 20.1. The molecule has 2 unspecified atom stereocenters. The van der Waals surface area contributed by atoms with Gasteiger partial charge in [-0.2, -0.15) is 15.2 Å². The van der Waals surface area contributed by atoms with Crippen molar-refractivity contribution < 1.29 is 9.47 Å². The summed E-state index contributed by atoms with van der Waals surface area (Å²) in [4.78, 5) is 9.15. The molecule has 158 valence electrons. The van der Waals surface area contributed by atoms with Gasteiger partial charge in [0.2, 0.25) is 5.95 Å². The largest absolute Gasteiger partial charge is 0.491 e. The molecule has 0 radical (unpaired) electrons. The lowest BCUT2D eigenvalue weighted by Gasteiger charge is -2.20. The highest BCUT2D eigenvalue weighted by Gasteiger charge is 2.25. The van der Waals surface area contributed by atoms with E-state index in [0.29, 0.717) is 25.7 Å². The number of hydrogen-bond donors (Lipinski definition) is 1. The number of nitrogens with zero attached hydrogens (tertiary/aromatic N) is 6. The molecular formula is C21H27N7O2. The SMILES string of the molecule is COCCOc1cccc(Cn2ncc3cnc(NC4C=NN(C)C4C)nc32)c1C. The summed E-state index contributed by atoms with van der Waals surface area (Å²) in [5.74, 6) is 1.42. The van der Waals surface area contributed by atoms with E-state index in [9.17, 15) is 0 Å². The summed E-state index contributed by atoms with van der Waals surface area (Å²) < 4.78 is 12.8. The van der Waals surface area contributed by atoms with Gasteiger partial charge in [-0.3, -0.25) is 5.01 Å². The fourth-order valence-corrected chi connectivity index (χ4v) is 3.38. The molecule has 0 fully saturated rings. The second-order valence-electron chi connectivity index (χ2n) is 7.41. The third-order valence-electron chi connectivity index (χ3n) is 5.45. The number of nitrogens with one attached hydrogen (secondary N) is 1. The number of anilines is 1. The zero-order valence-electron chi connectivity index (χ0n) is 17.7. The van der Waals surface area contributed by atoms with E-state index >= 15 is 0 Å². The van der Waals surface area contributed by atoms with E-state index in [4.69, 9.17) is 14.5 Å². The van der Waals surface area contributed by atoms with Crippen molar-refractivity contribution in [2.45, 2.75) is 32.5 Å². The standard InChI is InChI=1S/C21H27N7O2/c1-14-16(6-5-7-19(14)30-9-8-29-4)13-28-20-17(11-24-28)10-22-21(26-20)25-18-12-23-27(3)15(18)2/h5-7,10-12,15,18H,8-9,13H2,1-4H3,(H,22,25,26). The van der Waals surface area contributed by atoms with Gasteiger partial charge in [0, 0.05) is 26.6 Å². The van der Waals surface area contributed by atoms with Crippen LogP contribution in [0.15, 0.2) is 35.7 Å². The first-order valence-electron chi connectivity index (χ1n) is 9.99. The minimum absolute atomic E-state index is 0.0620. The first-order chi connectivity index (χ1) is 14.6. The Morgan fingerprint density at radius 3 is 2.83 bits per heavy atom. The Balaban J connectivity index is 1.55. The van der Waals surface area contributed by atoms with Gasteiger partial charge in [0.05, 0.1) is 36.8 Å². The number of likely N-dealkylation sites (N-methyl/N-ethyl adjacent to an activating group) is 1. The molecule has 2 atom stereocenters. The van der Waals surface area contributed by atoms with Crippen LogP contribution in [-0.4, -0.2) is 70.4 Å². The van der Waals surface area contributed by atoms with Crippen molar-refractivity contribution in [3.63, 3.8) is 0 Å². The van der Waals surface area contributed by atoms with Gasteiger partial charge in [-0.25, -0.2) is 9.67 Å². The molecule has 0 saturated heterocycles. The van der Waals surface area contributed by atoms with Crippen LogP contribution in [0.2, 0.25) is 0 Å². The third-order valence-corrected chi connectivity index (χ3v) is 5.45. The lowest BCUT2D eigenvalue weighted by Crippen LogP contribution is -2.36. The van der Waals surface area contributed by atoms with Gasteiger partial charge >= 0.3 is 0 Å². The quantitative estimate of drug-likeness (QED) is 0.571. The Bertz CT molecular complexity index is 1050. The summed E-state index contributed by atoms with van der Waals surface area (Å²) in [6.45, 7) is 5.84. The molecular weight excluding hydrogens is 382 g/mol. The second-order valence-corrected chi connectivity index (χ2v) is 7.41. The number of rotatable bonds is 8. The van der Waals surface area contributed by atoms with Crippen LogP contribution in [0, 0.1) is 6.92 Å². The normalized spacial score (nSPS) is 18.3. The van der Waals surface area contributed by atoms with Gasteiger partial charge in [0.25, 0.3) is 0 Å². The van der Waals surface area contributed by atoms with Crippen molar-refractivity contribution in [1.29, 1.82) is 0 Å². The monoisotopic (exact) mass is 409 g/mol. The van der Waals surface area contributed by atoms with Crippen LogP contribution in [0.25, 0.3) is 11.0 Å². The topological polar surface area (TPSA) is 89.7 Å². The zero-order valence-corrected chi connectivity index (χ0v) is 17.7. The first-order valence-corrected chi connectivity index (χ1v) is 9.99. The summed E-state index contributed by atoms with van der Waals surface area (Å²) in [6, 6.07) is 6.35. The summed E-state index contributed by atoms with van der Waals surface area (Å²) in [7, 11) is 3.62. The predicted molar refractivity (Wildman–Crippen MR) is 116 cm³/mol. The Morgan fingerprint density at radius 1 is 1.20 bits per heavy atom. The highest BCUT2D eigenvalue weighted by atomic mass is 16.5. The van der Waals surface area contributed by atoms with Crippen LogP contribution in [0.5, 0.6) is 5.75 Å². The van der Waals surface area contributed by atoms with Crippen LogP contribution in [0.4, 0.5) is 5.95 Å². The number of ether oxygens (including phenoxy) is 2. The summed E-state index contributed by atoms with van der Waals surface area (Å²) in [5, 5.41) is 15.0. The summed E-state index contributed by atoms with van der Waals surface area (Å²) >= 11 is 0. The van der Waals surface area contributed by atoms with E-state index in [2.05, 4.69) is 40.4 Å². The molecule has 1 aliphatic rings. The molecule has 0 aliphatic carbocycles. The zero-order chi connectivity index (χ0) is 21.1. The highest BCUT2D eigenvalue weighted by molar-refractivity contribution is 5.76. The third kappa shape index (κ3) is 4.06. The Hall–Kier alpha value is -3.20. The summed E-state index contributed by atoms with van der Waals surface area (Å²) in [6.07, 6.45) is 5.47. The van der Waals surface area contributed by atoms with Crippen molar-refractivity contribution in [1.82, 2.24) is 24.8 Å². The molecule has 0 bridgehead atoms. The molecule has 30 heavy (non-hydrogen) atoms. The van der Waals surface area contributed by atoms with Gasteiger partial charge in [-0.1, -0.05) is 12.1 Å². The van der Waals surface area contributed by atoms with E-state index in [-0.39, 0.29) is 12.1 Å². The average Bonchev–Trinajstić information content (AvgIpc) is 3.29. The van der Waals surface area contributed by atoms with Gasteiger partial charge in [0.1, 0.15) is 12.4 Å². The van der Waals surface area contributed by atoms with E-state index in [1.54, 1.807) is 19.5 Å². The molecule has 1 aromatic carbocycles. The molecule has 1 N–H and O–H groups in total. The molecule has 9 heteroatoms. The minimum Gasteiger partial charge on any atom is -0.491 e. The average molecular weight is 409 g/mol. The van der Waals surface area contributed by atoms with Crippen LogP contribution >= 0.6 is 0 Å². The number of hydrazone groups is 1. The van der Waals surface area contributed by atoms with Gasteiger partial charge in [0.15, 0.2) is 5.65 Å². The van der Waals surface area contributed by atoms with E-state index in [0.717, 1.165) is 27.9 Å². The number of fused-ring (bicyclic) bond motifs is 1. The smallest absolute Gasteiger partial charge is 0.225 e. The van der Waals surface area contributed by atoms with E-state index in [1.165, 1.54) is 0 Å². The lowest BCUT2D eigenvalue weighted by atomic mass is 10.1. The fraction of sp³-hybridized carbons (Fsp3) is 0.429. The molecule has 9 nitrogen and oxygen atoms in total. The Kier molecular flexibility index (Phi) is 5.80. The maximum Gasteiger partial charge on any atom is 0.225 e. The molecule has 0 amide bonds. The molecule has 4 rings (SSSR count). The van der Waals surface area contributed by atoms with Gasteiger partial charge in [-0.15, -0.1) is 0 Å². The Morgan fingerprint density at radius 2 is 2.07 bits per heavy atom. The number of benzene rings is 1. The number of aromatic nitrogens is 4. The number of hydrogen-bond acceptors (Lipinski definition) is 8. The summed E-state index contributed by atoms with van der Waals surface area (Å²) in [5.41, 5.74) is 3.00. The Labute approximate surface area is 175 Å². The van der Waals surface area contributed by atoms with Gasteiger partial charge in [-0.05, 0) is 31.0 Å². The van der Waals surface area contributed by atoms with Crippen LogP contribution < -0.4 is 10.1 Å². The predicted octanol–water partition coefficient (Wildman–Crippen LogP) is 2.31. The molecule has 3 heterocycles. The van der Waals surface area contributed by atoms with Gasteiger partial charge < -0.3 is 14.8 Å². The van der Waals surface area contributed by atoms with Crippen molar-refractivity contribution in [2.75, 3.05) is 32.7 Å². The molecule has 0 saturated carbocycles. The van der Waals surface area contributed by atoms with E-state index in [1.807, 2.05) is 35.1 Å². The van der Waals surface area contributed by atoms with Crippen molar-refractivity contribution >= 4 is 23.2 Å². The van der Waals surface area contributed by atoms with Crippen molar-refractivity contribution in [2.24, 2.45) is 5.10 Å². The van der Waals surface area contributed by atoms with Crippen LogP contribution in [0.1, 0.15) is 18.1 Å². The van der Waals surface area contributed by atoms with Crippen LogP contribution in [0.3, 0.4) is 0 Å². The molecule has 3 aromatic rings. The maximum atomic E-state index is 5.83. The molecule has 2 aromatic heterocycles. The lowest BCUT2D eigenvalue weighted by molar-refractivity contribution is 0.146. The second kappa shape index (κ2) is 8.66. The molecule has 0 spiro atoms. The van der Waals surface area contributed by atoms with E-state index < -0.39 is 0 Å². The maximum absolute atomic E-state index is 5.83. The fourth-order valence-electron chi connectivity index (χ4n) is 3.38. The minimum atomic E-state index is 0.0620. The van der Waals surface area contributed by atoms with Crippen molar-refractivity contribution in [3.05, 3.63) is 41.7 Å².